The Balaban J connectivity index is 1.69. The Bertz CT molecular complexity index is 531. The Morgan fingerprint density at radius 2 is 1.76 bits per heavy atom. The number of aromatic nitrogens is 1. The summed E-state index contributed by atoms with van der Waals surface area (Å²) < 4.78 is 7.20. The van der Waals surface area contributed by atoms with E-state index in [1.165, 1.54) is 14.8 Å². The van der Waals surface area contributed by atoms with E-state index >= 15 is 0 Å². The zero-order chi connectivity index (χ0) is 15.1. The molecule has 0 spiro atoms. The van der Waals surface area contributed by atoms with Crippen molar-refractivity contribution in [2.75, 3.05) is 6.61 Å². The molecule has 0 fully saturated rings. The number of benzene rings is 1. The van der Waals surface area contributed by atoms with Gasteiger partial charge in [0.1, 0.15) is 0 Å². The van der Waals surface area contributed by atoms with Gasteiger partial charge < -0.3 is 0 Å². The summed E-state index contributed by atoms with van der Waals surface area (Å²) in [6.07, 6.45) is 4.11. The number of hydrogen-bond acceptors (Lipinski definition) is 2. The van der Waals surface area contributed by atoms with Crippen molar-refractivity contribution in [3.05, 3.63) is 59.9 Å². The first-order valence-corrected chi connectivity index (χ1v) is 17.6. The predicted molar refractivity (Wildman–Crippen MR) is 91.6 cm³/mol. The van der Waals surface area contributed by atoms with Crippen LogP contribution < -0.4 is 3.58 Å². The molecule has 2 nitrogen and oxygen atoms in total. The summed E-state index contributed by atoms with van der Waals surface area (Å²) in [5.74, 6) is 0. The number of aryl methyl sites for hydroxylation is 1. The van der Waals surface area contributed by atoms with E-state index < -0.39 is 18.4 Å². The molecule has 0 amide bonds. The van der Waals surface area contributed by atoms with Gasteiger partial charge in [0.2, 0.25) is 0 Å². The van der Waals surface area contributed by atoms with Gasteiger partial charge in [-0.05, 0) is 0 Å². The first-order chi connectivity index (χ1) is 10.1. The fourth-order valence-corrected chi connectivity index (χ4v) is 5.09. The summed E-state index contributed by atoms with van der Waals surface area (Å²) in [5.41, 5.74) is 2.41. The van der Waals surface area contributed by atoms with Gasteiger partial charge in [-0.2, -0.15) is 0 Å². The topological polar surface area (TPSA) is 22.1 Å². The summed E-state index contributed by atoms with van der Waals surface area (Å²) in [7, 11) is 0. The maximum absolute atomic E-state index is 5.70. The average Bonchev–Trinajstić information content (AvgIpc) is 2.47. The molecule has 0 saturated carbocycles. The van der Waals surface area contributed by atoms with Crippen molar-refractivity contribution < 1.29 is 4.74 Å². The van der Waals surface area contributed by atoms with Crippen molar-refractivity contribution >= 4 is 22.0 Å². The van der Waals surface area contributed by atoms with Crippen LogP contribution in [-0.2, 0) is 17.8 Å². The van der Waals surface area contributed by atoms with E-state index in [2.05, 4.69) is 50.3 Å². The van der Waals surface area contributed by atoms with Crippen LogP contribution in [0.4, 0.5) is 0 Å². The average molecular weight is 390 g/mol. The second kappa shape index (κ2) is 7.95. The van der Waals surface area contributed by atoms with Crippen LogP contribution in [0, 0.1) is 0 Å². The fourth-order valence-electron chi connectivity index (χ4n) is 2.14. The number of nitrogens with zero attached hydrogens (tertiary/aromatic N) is 1. The van der Waals surface area contributed by atoms with Gasteiger partial charge in [0, 0.05) is 0 Å². The van der Waals surface area contributed by atoms with E-state index in [1.807, 2.05) is 18.2 Å². The Labute approximate surface area is 132 Å². The molecule has 3 heteroatoms. The van der Waals surface area contributed by atoms with Crippen LogP contribution in [-0.4, -0.2) is 30.0 Å². The molecule has 21 heavy (non-hydrogen) atoms. The standard InChI is InChI=1S/C15H16NO.3CH3.Sn/c1-2-7-14(8-3-1)13-17-12-6-10-15-9-4-5-11-16-15;;;;/h1-4,7-9,11H,6,10,12-13H2;3*1H3;. The maximum atomic E-state index is 5.70. The van der Waals surface area contributed by atoms with E-state index in [-0.39, 0.29) is 0 Å². The summed E-state index contributed by atoms with van der Waals surface area (Å²) in [6, 6.07) is 14.8. The number of rotatable bonds is 7. The predicted octanol–water partition coefficient (Wildman–Crippen LogP) is 3.78. The molecular weight excluding hydrogens is 365 g/mol. The van der Waals surface area contributed by atoms with Gasteiger partial charge in [-0.25, -0.2) is 0 Å². The zero-order valence-corrected chi connectivity index (χ0v) is 16.2. The molecule has 1 heterocycles. The minimum absolute atomic E-state index is 0.700. The van der Waals surface area contributed by atoms with Crippen LogP contribution in [0.5, 0.6) is 0 Å². The molecule has 0 saturated heterocycles. The molecule has 0 bridgehead atoms. The summed E-state index contributed by atoms with van der Waals surface area (Å²) >= 11 is -1.94. The van der Waals surface area contributed by atoms with Gasteiger partial charge in [0.25, 0.3) is 0 Å². The van der Waals surface area contributed by atoms with Crippen LogP contribution in [0.3, 0.4) is 0 Å². The van der Waals surface area contributed by atoms with E-state index in [4.69, 9.17) is 4.74 Å². The molecule has 2 rings (SSSR count). The van der Waals surface area contributed by atoms with Gasteiger partial charge in [-0.1, -0.05) is 6.07 Å². The van der Waals surface area contributed by atoms with Gasteiger partial charge in [0.15, 0.2) is 0 Å². The molecule has 0 aliphatic heterocycles. The van der Waals surface area contributed by atoms with Crippen molar-refractivity contribution in [3.8, 4) is 0 Å². The third-order valence-electron chi connectivity index (χ3n) is 3.52. The van der Waals surface area contributed by atoms with E-state index in [1.54, 1.807) is 0 Å². The van der Waals surface area contributed by atoms with Crippen LogP contribution in [0.1, 0.15) is 17.7 Å². The summed E-state index contributed by atoms with van der Waals surface area (Å²) in [4.78, 5) is 11.9. The molecule has 0 aliphatic rings. The molecule has 1 aromatic carbocycles. The van der Waals surface area contributed by atoms with Crippen molar-refractivity contribution in [3.63, 3.8) is 0 Å². The number of hydrogen-bond donors (Lipinski definition) is 0. The third kappa shape index (κ3) is 5.79. The monoisotopic (exact) mass is 391 g/mol. The van der Waals surface area contributed by atoms with Crippen molar-refractivity contribution in [2.45, 2.75) is 34.3 Å². The first-order valence-electron chi connectivity index (χ1n) is 7.63. The molecular formula is C18H25NOSn. The summed E-state index contributed by atoms with van der Waals surface area (Å²) in [6.45, 7) is 1.49. The van der Waals surface area contributed by atoms with Gasteiger partial charge >= 0.3 is 126 Å². The molecule has 112 valence electrons. The molecule has 0 atom stereocenters. The normalized spacial score (nSPS) is 11.6. The Morgan fingerprint density at radius 1 is 1.00 bits per heavy atom. The molecule has 0 radical (unpaired) electrons. The van der Waals surface area contributed by atoms with Crippen LogP contribution >= 0.6 is 0 Å². The molecule has 2 aromatic rings. The second-order valence-corrected chi connectivity index (χ2v) is 20.9. The van der Waals surface area contributed by atoms with E-state index in [0.29, 0.717) is 6.61 Å². The van der Waals surface area contributed by atoms with Crippen molar-refractivity contribution in [2.24, 2.45) is 0 Å². The zero-order valence-electron chi connectivity index (χ0n) is 13.3. The van der Waals surface area contributed by atoms with Gasteiger partial charge in [-0.15, -0.1) is 0 Å². The van der Waals surface area contributed by atoms with Crippen LogP contribution in [0.15, 0.2) is 48.7 Å². The van der Waals surface area contributed by atoms with Crippen molar-refractivity contribution in [1.82, 2.24) is 4.98 Å². The van der Waals surface area contributed by atoms with Crippen molar-refractivity contribution in [1.29, 1.82) is 0 Å². The Hall–Kier alpha value is -0.871. The van der Waals surface area contributed by atoms with Crippen LogP contribution in [0.2, 0.25) is 14.8 Å². The molecule has 0 N–H and O–H groups in total. The first kappa shape index (κ1) is 16.5. The minimum atomic E-state index is -1.94. The van der Waals surface area contributed by atoms with E-state index in [0.717, 1.165) is 19.4 Å². The summed E-state index contributed by atoms with van der Waals surface area (Å²) in [5, 5.41) is 0. The van der Waals surface area contributed by atoms with E-state index in [9.17, 15) is 0 Å². The fraction of sp³-hybridized carbons (Fsp3) is 0.389. The quantitative estimate of drug-likeness (QED) is 0.531. The molecule has 1 aromatic heterocycles. The third-order valence-corrected chi connectivity index (χ3v) is 9.31. The van der Waals surface area contributed by atoms with Gasteiger partial charge in [0.05, 0.1) is 0 Å². The number of ether oxygens (including phenoxy) is 1. The van der Waals surface area contributed by atoms with Crippen LogP contribution in [0.25, 0.3) is 0 Å². The molecule has 0 unspecified atom stereocenters. The van der Waals surface area contributed by atoms with Gasteiger partial charge in [-0.3, -0.25) is 0 Å². The Kier molecular flexibility index (Phi) is 6.24. The SMILES string of the molecule is [CH3][Sn]([CH3])([CH3])[c]1ccc(CCCOCc2ccccc2)nc1. The second-order valence-electron chi connectivity index (χ2n) is 6.43. The Morgan fingerprint density at radius 3 is 2.38 bits per heavy atom. The molecule has 0 aliphatic carbocycles. The number of pyridine rings is 1.